The van der Waals surface area contributed by atoms with Crippen LogP contribution >= 0.6 is 0 Å². The van der Waals surface area contributed by atoms with Gasteiger partial charge >= 0.3 is 0 Å². The second kappa shape index (κ2) is 7.75. The number of amides is 2. The summed E-state index contributed by atoms with van der Waals surface area (Å²) in [7, 11) is 0. The molecule has 0 aliphatic carbocycles. The summed E-state index contributed by atoms with van der Waals surface area (Å²) in [6, 6.07) is 4.20. The summed E-state index contributed by atoms with van der Waals surface area (Å²) in [5, 5.41) is 8.69. The average Bonchev–Trinajstić information content (AvgIpc) is 3.06. The number of aryl methyl sites for hydroxylation is 1. The first-order valence-corrected chi connectivity index (χ1v) is 8.93. The van der Waals surface area contributed by atoms with Crippen molar-refractivity contribution in [1.82, 2.24) is 10.3 Å². The largest absolute Gasteiger partial charge is 0.357 e. The van der Waals surface area contributed by atoms with Crippen molar-refractivity contribution in [2.24, 2.45) is 0 Å². The molecule has 1 aliphatic rings. The van der Waals surface area contributed by atoms with E-state index in [9.17, 15) is 14.0 Å². The molecule has 0 unspecified atom stereocenters. The summed E-state index contributed by atoms with van der Waals surface area (Å²) >= 11 is 0. The Bertz CT molecular complexity index is 930. The van der Waals surface area contributed by atoms with Gasteiger partial charge in [0.15, 0.2) is 0 Å². The third-order valence-corrected chi connectivity index (χ3v) is 4.51. The van der Waals surface area contributed by atoms with Gasteiger partial charge < -0.3 is 20.9 Å². The summed E-state index contributed by atoms with van der Waals surface area (Å²) in [4.78, 5) is 27.6. The maximum absolute atomic E-state index is 13.6. The van der Waals surface area contributed by atoms with Crippen LogP contribution in [0.15, 0.2) is 18.2 Å². The molecule has 3 rings (SSSR count). The monoisotopic (exact) mass is 370 g/mol. The van der Waals surface area contributed by atoms with Crippen molar-refractivity contribution in [3.8, 4) is 0 Å². The van der Waals surface area contributed by atoms with Gasteiger partial charge in [0.25, 0.3) is 5.91 Å². The SMILES string of the molecule is CCCNCC(=O)Nc1c(C)[nH]c(/C=C2\C(=O)Nc3ccc(F)cc32)c1C. The lowest BCUT2D eigenvalue weighted by atomic mass is 10.0. The van der Waals surface area contributed by atoms with Crippen molar-refractivity contribution >= 4 is 34.8 Å². The number of aromatic nitrogens is 1. The molecule has 0 radical (unpaired) electrons. The molecule has 1 aromatic carbocycles. The minimum Gasteiger partial charge on any atom is -0.357 e. The number of benzene rings is 1. The Hall–Kier alpha value is -2.93. The molecular formula is C20H23FN4O2. The second-order valence-corrected chi connectivity index (χ2v) is 6.59. The zero-order chi connectivity index (χ0) is 19.6. The van der Waals surface area contributed by atoms with Crippen molar-refractivity contribution in [2.75, 3.05) is 23.7 Å². The number of hydrogen-bond donors (Lipinski definition) is 4. The van der Waals surface area contributed by atoms with E-state index in [0.29, 0.717) is 28.2 Å². The lowest BCUT2D eigenvalue weighted by molar-refractivity contribution is -0.115. The van der Waals surface area contributed by atoms with Crippen LogP contribution in [0.5, 0.6) is 0 Å². The first-order valence-electron chi connectivity index (χ1n) is 8.93. The minimum absolute atomic E-state index is 0.126. The smallest absolute Gasteiger partial charge is 0.256 e. The molecule has 0 bridgehead atoms. The Kier molecular flexibility index (Phi) is 5.41. The molecule has 2 heterocycles. The highest BCUT2D eigenvalue weighted by Crippen LogP contribution is 2.35. The molecule has 4 N–H and O–H groups in total. The molecule has 0 spiro atoms. The van der Waals surface area contributed by atoms with E-state index in [0.717, 1.165) is 24.2 Å². The third-order valence-electron chi connectivity index (χ3n) is 4.51. The molecular weight excluding hydrogens is 347 g/mol. The molecule has 2 aromatic rings. The molecule has 0 saturated carbocycles. The van der Waals surface area contributed by atoms with E-state index in [-0.39, 0.29) is 18.4 Å². The van der Waals surface area contributed by atoms with E-state index in [2.05, 4.69) is 20.9 Å². The van der Waals surface area contributed by atoms with Crippen LogP contribution in [0.4, 0.5) is 15.8 Å². The van der Waals surface area contributed by atoms with Gasteiger partial charge in [0.1, 0.15) is 5.82 Å². The zero-order valence-electron chi connectivity index (χ0n) is 15.6. The molecule has 2 amide bonds. The van der Waals surface area contributed by atoms with Crippen molar-refractivity contribution < 1.29 is 14.0 Å². The summed E-state index contributed by atoms with van der Waals surface area (Å²) in [5.41, 5.74) is 4.51. The Morgan fingerprint density at radius 2 is 2.07 bits per heavy atom. The number of aromatic amines is 1. The van der Waals surface area contributed by atoms with Crippen LogP contribution in [-0.4, -0.2) is 29.9 Å². The van der Waals surface area contributed by atoms with Gasteiger partial charge in [-0.1, -0.05) is 6.92 Å². The molecule has 142 valence electrons. The molecule has 0 fully saturated rings. The van der Waals surface area contributed by atoms with Crippen LogP contribution in [0.1, 0.15) is 35.9 Å². The summed E-state index contributed by atoms with van der Waals surface area (Å²) in [5.74, 6) is -0.807. The predicted molar refractivity (Wildman–Crippen MR) is 105 cm³/mol. The van der Waals surface area contributed by atoms with Crippen molar-refractivity contribution in [3.05, 3.63) is 46.5 Å². The Morgan fingerprint density at radius 1 is 1.30 bits per heavy atom. The quantitative estimate of drug-likeness (QED) is 0.465. The number of halogens is 1. The lowest BCUT2D eigenvalue weighted by Gasteiger charge is -2.07. The molecule has 0 atom stereocenters. The van der Waals surface area contributed by atoms with Crippen LogP contribution in [0, 0.1) is 19.7 Å². The Balaban J connectivity index is 1.87. The van der Waals surface area contributed by atoms with Crippen molar-refractivity contribution in [3.63, 3.8) is 0 Å². The van der Waals surface area contributed by atoms with Crippen LogP contribution in [0.3, 0.4) is 0 Å². The van der Waals surface area contributed by atoms with E-state index in [1.807, 2.05) is 20.8 Å². The van der Waals surface area contributed by atoms with Gasteiger partial charge in [0, 0.05) is 22.6 Å². The van der Waals surface area contributed by atoms with E-state index in [1.54, 1.807) is 12.1 Å². The molecule has 1 aliphatic heterocycles. The fourth-order valence-electron chi connectivity index (χ4n) is 3.12. The molecule has 1 aromatic heterocycles. The first-order chi connectivity index (χ1) is 12.9. The third kappa shape index (κ3) is 3.93. The van der Waals surface area contributed by atoms with E-state index in [4.69, 9.17) is 0 Å². The van der Waals surface area contributed by atoms with Crippen LogP contribution in [0.25, 0.3) is 11.6 Å². The number of anilines is 2. The highest BCUT2D eigenvalue weighted by atomic mass is 19.1. The van der Waals surface area contributed by atoms with Gasteiger partial charge in [-0.3, -0.25) is 9.59 Å². The van der Waals surface area contributed by atoms with Crippen LogP contribution in [0.2, 0.25) is 0 Å². The maximum Gasteiger partial charge on any atom is 0.256 e. The van der Waals surface area contributed by atoms with Gasteiger partial charge in [-0.25, -0.2) is 4.39 Å². The normalized spacial score (nSPS) is 14.4. The Morgan fingerprint density at radius 3 is 2.81 bits per heavy atom. The molecule has 27 heavy (non-hydrogen) atoms. The topological polar surface area (TPSA) is 86.0 Å². The van der Waals surface area contributed by atoms with Gasteiger partial charge in [-0.05, 0) is 56.7 Å². The number of fused-ring (bicyclic) bond motifs is 1. The zero-order valence-corrected chi connectivity index (χ0v) is 15.6. The number of carbonyl (C=O) groups excluding carboxylic acids is 2. The lowest BCUT2D eigenvalue weighted by Crippen LogP contribution is -2.28. The van der Waals surface area contributed by atoms with E-state index in [1.165, 1.54) is 12.1 Å². The standard InChI is InChI=1S/C20H23FN4O2/c1-4-7-22-10-18(26)25-19-11(2)17(23-12(19)3)9-15-14-8-13(21)5-6-16(14)24-20(15)27/h5-6,8-9,22-23H,4,7,10H2,1-3H3,(H,24,27)(H,25,26)/b15-9-. The number of hydrogen-bond acceptors (Lipinski definition) is 3. The maximum atomic E-state index is 13.6. The first kappa shape index (κ1) is 18.8. The van der Waals surface area contributed by atoms with Gasteiger partial charge in [0.2, 0.25) is 5.91 Å². The average molecular weight is 370 g/mol. The fourth-order valence-corrected chi connectivity index (χ4v) is 3.12. The summed E-state index contributed by atoms with van der Waals surface area (Å²) < 4.78 is 13.6. The van der Waals surface area contributed by atoms with E-state index < -0.39 is 5.82 Å². The van der Waals surface area contributed by atoms with Gasteiger partial charge in [-0.15, -0.1) is 0 Å². The van der Waals surface area contributed by atoms with Crippen LogP contribution < -0.4 is 16.0 Å². The van der Waals surface area contributed by atoms with Crippen molar-refractivity contribution in [2.45, 2.75) is 27.2 Å². The number of H-pyrrole nitrogens is 1. The van der Waals surface area contributed by atoms with Crippen LogP contribution in [-0.2, 0) is 9.59 Å². The fraction of sp³-hybridized carbons (Fsp3) is 0.300. The predicted octanol–water partition coefficient (Wildman–Crippen LogP) is 3.20. The summed E-state index contributed by atoms with van der Waals surface area (Å²) in [6.45, 7) is 6.77. The number of nitrogens with one attached hydrogen (secondary N) is 4. The number of carbonyl (C=O) groups is 2. The Labute approximate surface area is 157 Å². The second-order valence-electron chi connectivity index (χ2n) is 6.59. The highest BCUT2D eigenvalue weighted by molar-refractivity contribution is 6.34. The molecule has 7 heteroatoms. The molecule has 0 saturated heterocycles. The highest BCUT2D eigenvalue weighted by Gasteiger charge is 2.25. The minimum atomic E-state index is -0.400. The summed E-state index contributed by atoms with van der Waals surface area (Å²) in [6.07, 6.45) is 2.64. The molecule has 6 nitrogen and oxygen atoms in total. The number of rotatable bonds is 6. The van der Waals surface area contributed by atoms with Crippen molar-refractivity contribution in [1.29, 1.82) is 0 Å². The van der Waals surface area contributed by atoms with E-state index >= 15 is 0 Å². The van der Waals surface area contributed by atoms with Gasteiger partial charge in [-0.2, -0.15) is 0 Å². The van der Waals surface area contributed by atoms with Gasteiger partial charge in [0.05, 0.1) is 17.8 Å².